The Morgan fingerprint density at radius 1 is 1.04 bits per heavy atom. The van der Waals surface area contributed by atoms with Gasteiger partial charge < -0.3 is 10.2 Å². The van der Waals surface area contributed by atoms with Gasteiger partial charge in [-0.25, -0.2) is 0 Å². The van der Waals surface area contributed by atoms with E-state index >= 15 is 0 Å². The Morgan fingerprint density at radius 3 is 2.21 bits per heavy atom. The summed E-state index contributed by atoms with van der Waals surface area (Å²) in [5.74, 6) is -0.0303. The van der Waals surface area contributed by atoms with E-state index in [0.29, 0.717) is 46.9 Å². The fraction of sp³-hybridized carbons (Fsp3) is 0.500. The Morgan fingerprint density at radius 2 is 1.62 bits per heavy atom. The van der Waals surface area contributed by atoms with Crippen molar-refractivity contribution in [3.63, 3.8) is 0 Å². The molecule has 0 spiro atoms. The highest BCUT2D eigenvalue weighted by Crippen LogP contribution is 2.32. The molecule has 132 valence electrons. The SMILES string of the molecule is CC(C)C(=O)N1CCN(CC(=O)Nc2cc(Cl)c(Cl)cc2Cl)CC1. The van der Waals surface area contributed by atoms with Crippen LogP contribution in [-0.4, -0.2) is 54.3 Å². The van der Waals surface area contributed by atoms with Crippen LogP contribution in [0.5, 0.6) is 0 Å². The summed E-state index contributed by atoms with van der Waals surface area (Å²) in [6, 6.07) is 3.03. The molecule has 0 aliphatic carbocycles. The monoisotopic (exact) mass is 391 g/mol. The molecule has 1 aromatic carbocycles. The maximum Gasteiger partial charge on any atom is 0.238 e. The summed E-state index contributed by atoms with van der Waals surface area (Å²) >= 11 is 17.9. The van der Waals surface area contributed by atoms with Gasteiger partial charge in [0.15, 0.2) is 0 Å². The van der Waals surface area contributed by atoms with E-state index in [-0.39, 0.29) is 24.3 Å². The molecular weight excluding hydrogens is 373 g/mol. The minimum Gasteiger partial charge on any atom is -0.340 e. The fourth-order valence-corrected chi connectivity index (χ4v) is 3.10. The zero-order valence-corrected chi connectivity index (χ0v) is 15.9. The van der Waals surface area contributed by atoms with Crippen molar-refractivity contribution in [3.05, 3.63) is 27.2 Å². The number of nitrogens with zero attached hydrogens (tertiary/aromatic N) is 2. The summed E-state index contributed by atoms with van der Waals surface area (Å²) in [6.07, 6.45) is 0. The average Bonchev–Trinajstić information content (AvgIpc) is 2.52. The highest BCUT2D eigenvalue weighted by atomic mass is 35.5. The first kappa shape index (κ1) is 19.3. The second-order valence-electron chi connectivity index (χ2n) is 6.05. The van der Waals surface area contributed by atoms with Crippen molar-refractivity contribution in [1.29, 1.82) is 0 Å². The lowest BCUT2D eigenvalue weighted by Crippen LogP contribution is -2.51. The summed E-state index contributed by atoms with van der Waals surface area (Å²) in [6.45, 7) is 6.63. The number of benzene rings is 1. The van der Waals surface area contributed by atoms with E-state index in [1.165, 1.54) is 12.1 Å². The van der Waals surface area contributed by atoms with Crippen molar-refractivity contribution in [2.45, 2.75) is 13.8 Å². The predicted molar refractivity (Wildman–Crippen MR) is 98.0 cm³/mol. The van der Waals surface area contributed by atoms with Gasteiger partial charge in [0, 0.05) is 32.1 Å². The lowest BCUT2D eigenvalue weighted by molar-refractivity contribution is -0.136. The molecule has 0 aromatic heterocycles. The largest absolute Gasteiger partial charge is 0.340 e. The molecular formula is C16H20Cl3N3O2. The van der Waals surface area contributed by atoms with Crippen LogP contribution in [0, 0.1) is 5.92 Å². The third-order valence-electron chi connectivity index (χ3n) is 3.83. The number of anilines is 1. The quantitative estimate of drug-likeness (QED) is 0.799. The molecule has 0 saturated carbocycles. The Bertz CT molecular complexity index is 629. The van der Waals surface area contributed by atoms with Crippen LogP contribution < -0.4 is 5.32 Å². The molecule has 1 N–H and O–H groups in total. The van der Waals surface area contributed by atoms with Gasteiger partial charge >= 0.3 is 0 Å². The number of amides is 2. The van der Waals surface area contributed by atoms with Gasteiger partial charge in [0.1, 0.15) is 0 Å². The summed E-state index contributed by atoms with van der Waals surface area (Å²) in [4.78, 5) is 28.0. The van der Waals surface area contributed by atoms with Gasteiger partial charge in [-0.05, 0) is 12.1 Å². The van der Waals surface area contributed by atoms with Crippen LogP contribution in [0.15, 0.2) is 12.1 Å². The van der Waals surface area contributed by atoms with Gasteiger partial charge in [0.25, 0.3) is 0 Å². The molecule has 2 rings (SSSR count). The molecule has 8 heteroatoms. The van der Waals surface area contributed by atoms with Crippen molar-refractivity contribution in [3.8, 4) is 0 Å². The summed E-state index contributed by atoms with van der Waals surface area (Å²) in [5, 5.41) is 3.75. The standard InChI is InChI=1S/C16H20Cl3N3O2/c1-10(2)16(24)22-5-3-21(4-6-22)9-15(23)20-14-8-12(18)11(17)7-13(14)19/h7-8,10H,3-6,9H2,1-2H3,(H,20,23). The molecule has 24 heavy (non-hydrogen) atoms. The molecule has 0 unspecified atom stereocenters. The molecule has 0 atom stereocenters. The zero-order valence-electron chi connectivity index (χ0n) is 13.6. The van der Waals surface area contributed by atoms with Crippen LogP contribution >= 0.6 is 34.8 Å². The Balaban J connectivity index is 1.86. The van der Waals surface area contributed by atoms with Crippen LogP contribution in [0.3, 0.4) is 0 Å². The van der Waals surface area contributed by atoms with Gasteiger partial charge in [0.05, 0.1) is 27.3 Å². The molecule has 1 aliphatic heterocycles. The first-order chi connectivity index (χ1) is 11.3. The lowest BCUT2D eigenvalue weighted by Gasteiger charge is -2.35. The second kappa shape index (κ2) is 8.39. The third kappa shape index (κ3) is 4.99. The van der Waals surface area contributed by atoms with E-state index in [9.17, 15) is 9.59 Å². The number of nitrogens with one attached hydrogen (secondary N) is 1. The lowest BCUT2D eigenvalue weighted by atomic mass is 10.1. The van der Waals surface area contributed by atoms with Gasteiger partial charge in [-0.1, -0.05) is 48.7 Å². The maximum atomic E-state index is 12.2. The van der Waals surface area contributed by atoms with Gasteiger partial charge in [-0.15, -0.1) is 0 Å². The van der Waals surface area contributed by atoms with E-state index in [4.69, 9.17) is 34.8 Å². The predicted octanol–water partition coefficient (Wildman–Crippen LogP) is 3.39. The number of halogens is 3. The molecule has 1 aromatic rings. The molecule has 1 saturated heterocycles. The molecule has 0 bridgehead atoms. The topological polar surface area (TPSA) is 52.7 Å². The van der Waals surface area contributed by atoms with E-state index in [0.717, 1.165) is 0 Å². The molecule has 2 amide bonds. The number of piperazine rings is 1. The normalized spacial score (nSPS) is 15.7. The highest BCUT2D eigenvalue weighted by molar-refractivity contribution is 6.44. The van der Waals surface area contributed by atoms with Crippen LogP contribution in [0.2, 0.25) is 15.1 Å². The first-order valence-electron chi connectivity index (χ1n) is 7.73. The van der Waals surface area contributed by atoms with Crippen molar-refractivity contribution >= 4 is 52.3 Å². The molecule has 0 radical (unpaired) electrons. The third-order valence-corrected chi connectivity index (χ3v) is 4.86. The van der Waals surface area contributed by atoms with Crippen molar-refractivity contribution < 1.29 is 9.59 Å². The van der Waals surface area contributed by atoms with E-state index in [1.54, 1.807) is 0 Å². The van der Waals surface area contributed by atoms with Gasteiger partial charge in [-0.3, -0.25) is 14.5 Å². The Kier molecular flexibility index (Phi) is 6.75. The van der Waals surface area contributed by atoms with Crippen molar-refractivity contribution in [2.24, 2.45) is 5.92 Å². The van der Waals surface area contributed by atoms with Crippen LogP contribution in [0.1, 0.15) is 13.8 Å². The van der Waals surface area contributed by atoms with Crippen molar-refractivity contribution in [2.75, 3.05) is 38.0 Å². The highest BCUT2D eigenvalue weighted by Gasteiger charge is 2.24. The van der Waals surface area contributed by atoms with E-state index in [1.807, 2.05) is 23.6 Å². The molecule has 5 nitrogen and oxygen atoms in total. The molecule has 1 heterocycles. The number of carbonyl (C=O) groups excluding carboxylic acids is 2. The minimum atomic E-state index is -0.182. The van der Waals surface area contributed by atoms with Gasteiger partial charge in [0.2, 0.25) is 11.8 Å². The number of rotatable bonds is 4. The number of carbonyl (C=O) groups is 2. The summed E-state index contributed by atoms with van der Waals surface area (Å²) in [5.41, 5.74) is 0.435. The van der Waals surface area contributed by atoms with Crippen molar-refractivity contribution in [1.82, 2.24) is 9.80 Å². The van der Waals surface area contributed by atoms with E-state index in [2.05, 4.69) is 5.32 Å². The van der Waals surface area contributed by atoms with Gasteiger partial charge in [-0.2, -0.15) is 0 Å². The van der Waals surface area contributed by atoms with Crippen LogP contribution in [0.4, 0.5) is 5.69 Å². The van der Waals surface area contributed by atoms with Crippen LogP contribution in [0.25, 0.3) is 0 Å². The summed E-state index contributed by atoms with van der Waals surface area (Å²) < 4.78 is 0. The Hall–Kier alpha value is -1.01. The Labute approximate surface area is 156 Å². The second-order valence-corrected chi connectivity index (χ2v) is 7.27. The average molecular weight is 393 g/mol. The fourth-order valence-electron chi connectivity index (χ4n) is 2.50. The summed E-state index contributed by atoms with van der Waals surface area (Å²) in [7, 11) is 0. The minimum absolute atomic E-state index is 0.00311. The first-order valence-corrected chi connectivity index (χ1v) is 8.87. The zero-order chi connectivity index (χ0) is 17.9. The smallest absolute Gasteiger partial charge is 0.238 e. The molecule has 1 fully saturated rings. The number of hydrogen-bond donors (Lipinski definition) is 1. The van der Waals surface area contributed by atoms with E-state index < -0.39 is 0 Å². The maximum absolute atomic E-state index is 12.2. The van der Waals surface area contributed by atoms with Crippen LogP contribution in [-0.2, 0) is 9.59 Å². The number of hydrogen-bond acceptors (Lipinski definition) is 3. The molecule has 1 aliphatic rings.